The molecule has 1 heterocycles. The van der Waals surface area contributed by atoms with Crippen molar-refractivity contribution in [2.45, 2.75) is 46.1 Å². The molecule has 0 bridgehead atoms. The van der Waals surface area contributed by atoms with Gasteiger partial charge in [0.05, 0.1) is 21.8 Å². The van der Waals surface area contributed by atoms with Crippen LogP contribution in [0.2, 0.25) is 10.0 Å². The zero-order valence-corrected chi connectivity index (χ0v) is 12.9. The SMILES string of the molecule is CCCNC(CC(C)CC)c1ncc(Cl)cc1Cl. The zero-order chi connectivity index (χ0) is 13.5. The van der Waals surface area contributed by atoms with Gasteiger partial charge in [0, 0.05) is 6.20 Å². The molecule has 4 heteroatoms. The van der Waals surface area contributed by atoms with Crippen LogP contribution in [0.1, 0.15) is 51.8 Å². The van der Waals surface area contributed by atoms with Gasteiger partial charge in [-0.2, -0.15) is 0 Å². The Morgan fingerprint density at radius 3 is 2.61 bits per heavy atom. The molecular formula is C14H22Cl2N2. The van der Waals surface area contributed by atoms with Crippen molar-refractivity contribution < 1.29 is 0 Å². The van der Waals surface area contributed by atoms with Crippen molar-refractivity contribution in [3.63, 3.8) is 0 Å². The molecule has 1 N–H and O–H groups in total. The Kier molecular flexibility index (Phi) is 6.98. The van der Waals surface area contributed by atoms with Crippen molar-refractivity contribution in [1.29, 1.82) is 0 Å². The number of hydrogen-bond acceptors (Lipinski definition) is 2. The number of nitrogens with zero attached hydrogens (tertiary/aromatic N) is 1. The van der Waals surface area contributed by atoms with E-state index in [1.807, 2.05) is 0 Å². The molecule has 0 aliphatic carbocycles. The van der Waals surface area contributed by atoms with E-state index < -0.39 is 0 Å². The lowest BCUT2D eigenvalue weighted by molar-refractivity contribution is 0.396. The standard InChI is InChI=1S/C14H22Cl2N2/c1-4-6-17-13(7-10(3)5-2)14-12(16)8-11(15)9-18-14/h8-10,13,17H,4-7H2,1-3H3. The summed E-state index contributed by atoms with van der Waals surface area (Å²) in [7, 11) is 0. The van der Waals surface area contributed by atoms with Crippen molar-refractivity contribution in [2.24, 2.45) is 5.92 Å². The van der Waals surface area contributed by atoms with Gasteiger partial charge in [0.1, 0.15) is 0 Å². The van der Waals surface area contributed by atoms with Crippen molar-refractivity contribution in [2.75, 3.05) is 6.54 Å². The maximum absolute atomic E-state index is 6.24. The minimum atomic E-state index is 0.213. The van der Waals surface area contributed by atoms with Gasteiger partial charge in [-0.25, -0.2) is 0 Å². The minimum Gasteiger partial charge on any atom is -0.309 e. The van der Waals surface area contributed by atoms with Crippen molar-refractivity contribution in [3.8, 4) is 0 Å². The Hall–Kier alpha value is -0.310. The van der Waals surface area contributed by atoms with Gasteiger partial charge in [-0.3, -0.25) is 4.98 Å². The summed E-state index contributed by atoms with van der Waals surface area (Å²) in [6, 6.07) is 1.98. The molecule has 0 fully saturated rings. The largest absolute Gasteiger partial charge is 0.309 e. The molecule has 1 aromatic heterocycles. The van der Waals surface area contributed by atoms with Crippen molar-refractivity contribution in [3.05, 3.63) is 28.0 Å². The first kappa shape index (κ1) is 15.7. The summed E-state index contributed by atoms with van der Waals surface area (Å²) < 4.78 is 0. The quantitative estimate of drug-likeness (QED) is 0.775. The molecule has 0 amide bonds. The Balaban J connectivity index is 2.86. The number of rotatable bonds is 7. The highest BCUT2D eigenvalue weighted by atomic mass is 35.5. The summed E-state index contributed by atoms with van der Waals surface area (Å²) in [5.74, 6) is 0.646. The summed E-state index contributed by atoms with van der Waals surface area (Å²) in [4.78, 5) is 4.39. The van der Waals surface area contributed by atoms with Gasteiger partial charge in [-0.05, 0) is 31.4 Å². The summed E-state index contributed by atoms with van der Waals surface area (Å²) in [5, 5.41) is 4.76. The van der Waals surface area contributed by atoms with Gasteiger partial charge in [-0.15, -0.1) is 0 Å². The summed E-state index contributed by atoms with van der Waals surface area (Å²) in [6.07, 6.45) is 4.97. The Labute approximate surface area is 120 Å². The van der Waals surface area contributed by atoms with Crippen LogP contribution in [-0.4, -0.2) is 11.5 Å². The topological polar surface area (TPSA) is 24.9 Å². The van der Waals surface area contributed by atoms with E-state index in [4.69, 9.17) is 23.2 Å². The minimum absolute atomic E-state index is 0.213. The van der Waals surface area contributed by atoms with E-state index in [1.165, 1.54) is 0 Å². The predicted octanol–water partition coefficient (Wildman–Crippen LogP) is 4.87. The maximum Gasteiger partial charge on any atom is 0.0760 e. The number of halogens is 2. The highest BCUT2D eigenvalue weighted by Gasteiger charge is 2.18. The maximum atomic E-state index is 6.24. The third kappa shape index (κ3) is 4.75. The number of hydrogen-bond donors (Lipinski definition) is 1. The number of aromatic nitrogens is 1. The van der Waals surface area contributed by atoms with Gasteiger partial charge in [0.25, 0.3) is 0 Å². The number of nitrogens with one attached hydrogen (secondary N) is 1. The van der Waals surface area contributed by atoms with E-state index >= 15 is 0 Å². The second-order valence-electron chi connectivity index (χ2n) is 4.78. The number of pyridine rings is 1. The van der Waals surface area contributed by atoms with Crippen LogP contribution < -0.4 is 5.32 Å². The van der Waals surface area contributed by atoms with Gasteiger partial charge in [0.2, 0.25) is 0 Å². The fourth-order valence-corrected chi connectivity index (χ4v) is 2.37. The van der Waals surface area contributed by atoms with E-state index in [2.05, 4.69) is 31.1 Å². The van der Waals surface area contributed by atoms with E-state index in [9.17, 15) is 0 Å². The zero-order valence-electron chi connectivity index (χ0n) is 11.3. The average molecular weight is 289 g/mol. The molecule has 0 saturated heterocycles. The second kappa shape index (κ2) is 7.98. The molecular weight excluding hydrogens is 267 g/mol. The van der Waals surface area contributed by atoms with Crippen LogP contribution in [0.5, 0.6) is 0 Å². The van der Waals surface area contributed by atoms with Gasteiger partial charge < -0.3 is 5.32 Å². The lowest BCUT2D eigenvalue weighted by Gasteiger charge is -2.22. The smallest absolute Gasteiger partial charge is 0.0760 e. The van der Waals surface area contributed by atoms with Gasteiger partial charge in [-0.1, -0.05) is 50.4 Å². The molecule has 0 aliphatic heterocycles. The fraction of sp³-hybridized carbons (Fsp3) is 0.643. The molecule has 1 aromatic rings. The van der Waals surface area contributed by atoms with Crippen molar-refractivity contribution in [1.82, 2.24) is 10.3 Å². The Morgan fingerprint density at radius 1 is 1.33 bits per heavy atom. The monoisotopic (exact) mass is 288 g/mol. The lowest BCUT2D eigenvalue weighted by atomic mass is 9.97. The Morgan fingerprint density at radius 2 is 2.06 bits per heavy atom. The third-order valence-corrected chi connectivity index (χ3v) is 3.65. The van der Waals surface area contributed by atoms with E-state index in [1.54, 1.807) is 12.3 Å². The van der Waals surface area contributed by atoms with E-state index in [-0.39, 0.29) is 6.04 Å². The molecule has 2 atom stereocenters. The van der Waals surface area contributed by atoms with E-state index in [0.717, 1.165) is 31.5 Å². The Bertz CT molecular complexity index is 369. The molecule has 0 spiro atoms. The van der Waals surface area contributed by atoms with Crippen LogP contribution in [0.3, 0.4) is 0 Å². The van der Waals surface area contributed by atoms with Crippen molar-refractivity contribution >= 4 is 23.2 Å². The van der Waals surface area contributed by atoms with Gasteiger partial charge in [0.15, 0.2) is 0 Å². The summed E-state index contributed by atoms with van der Waals surface area (Å²) in [5.41, 5.74) is 0.912. The van der Waals surface area contributed by atoms with E-state index in [0.29, 0.717) is 16.0 Å². The van der Waals surface area contributed by atoms with Crippen LogP contribution in [0.25, 0.3) is 0 Å². The molecule has 1 rings (SSSR count). The van der Waals surface area contributed by atoms with Crippen LogP contribution in [0, 0.1) is 5.92 Å². The summed E-state index contributed by atoms with van der Waals surface area (Å²) in [6.45, 7) is 7.59. The molecule has 2 nitrogen and oxygen atoms in total. The molecule has 0 saturated carbocycles. The third-order valence-electron chi connectivity index (χ3n) is 3.14. The fourth-order valence-electron chi connectivity index (χ4n) is 1.86. The summed E-state index contributed by atoms with van der Waals surface area (Å²) >= 11 is 12.1. The first-order chi connectivity index (χ1) is 8.58. The van der Waals surface area contributed by atoms with Crippen LogP contribution in [-0.2, 0) is 0 Å². The molecule has 0 aromatic carbocycles. The normalized spacial score (nSPS) is 14.5. The second-order valence-corrected chi connectivity index (χ2v) is 5.62. The molecule has 2 unspecified atom stereocenters. The van der Waals surface area contributed by atoms with Gasteiger partial charge >= 0.3 is 0 Å². The average Bonchev–Trinajstić information content (AvgIpc) is 2.34. The predicted molar refractivity (Wildman–Crippen MR) is 79.4 cm³/mol. The molecule has 102 valence electrons. The molecule has 18 heavy (non-hydrogen) atoms. The highest BCUT2D eigenvalue weighted by molar-refractivity contribution is 6.34. The molecule has 0 radical (unpaired) electrons. The first-order valence-corrected chi connectivity index (χ1v) is 7.38. The van der Waals surface area contributed by atoms with Crippen LogP contribution >= 0.6 is 23.2 Å². The lowest BCUT2D eigenvalue weighted by Crippen LogP contribution is -2.25. The first-order valence-electron chi connectivity index (χ1n) is 6.62. The van der Waals surface area contributed by atoms with Crippen LogP contribution in [0.4, 0.5) is 0 Å². The highest BCUT2D eigenvalue weighted by Crippen LogP contribution is 2.28. The molecule has 0 aliphatic rings. The van der Waals surface area contributed by atoms with Crippen LogP contribution in [0.15, 0.2) is 12.3 Å².